The Bertz CT molecular complexity index is 420. The van der Waals surface area contributed by atoms with Gasteiger partial charge in [-0.2, -0.15) is 0 Å². The smallest absolute Gasteiger partial charge is 0.195 e. The van der Waals surface area contributed by atoms with Crippen molar-refractivity contribution in [3.8, 4) is 0 Å². The lowest BCUT2D eigenvalue weighted by Crippen LogP contribution is -2.27. The van der Waals surface area contributed by atoms with Crippen molar-refractivity contribution in [3.63, 3.8) is 0 Å². The third kappa shape index (κ3) is 1.14. The molecule has 1 saturated heterocycles. The Morgan fingerprint density at radius 3 is 2.81 bits per heavy atom. The van der Waals surface area contributed by atoms with Crippen molar-refractivity contribution in [2.45, 2.75) is 31.0 Å². The second-order valence-corrected chi connectivity index (χ2v) is 5.18. The Kier molecular flexibility index (Phi) is 1.77. The van der Waals surface area contributed by atoms with Crippen molar-refractivity contribution in [2.24, 2.45) is 5.92 Å². The summed E-state index contributed by atoms with van der Waals surface area (Å²) in [4.78, 5) is 0. The van der Waals surface area contributed by atoms with Crippen LogP contribution in [0.4, 0.5) is 0 Å². The first-order chi connectivity index (χ1) is 7.89. The molecule has 16 heavy (non-hydrogen) atoms. The highest BCUT2D eigenvalue weighted by Crippen LogP contribution is 2.57. The van der Waals surface area contributed by atoms with Crippen molar-refractivity contribution in [1.82, 2.24) is 0 Å². The van der Waals surface area contributed by atoms with E-state index >= 15 is 0 Å². The van der Waals surface area contributed by atoms with Gasteiger partial charge in [0.1, 0.15) is 0 Å². The molecule has 0 bridgehead atoms. The minimum Gasteiger partial charge on any atom is -0.343 e. The van der Waals surface area contributed by atoms with E-state index in [4.69, 9.17) is 9.47 Å². The van der Waals surface area contributed by atoms with Crippen LogP contribution >= 0.6 is 0 Å². The molecule has 0 aromatic heterocycles. The van der Waals surface area contributed by atoms with Crippen LogP contribution in [-0.4, -0.2) is 13.2 Å². The van der Waals surface area contributed by atoms with Gasteiger partial charge in [-0.25, -0.2) is 0 Å². The fourth-order valence-electron chi connectivity index (χ4n) is 3.38. The van der Waals surface area contributed by atoms with Gasteiger partial charge in [0, 0.05) is 12.0 Å². The summed E-state index contributed by atoms with van der Waals surface area (Å²) in [6, 6.07) is 8.70. The van der Waals surface area contributed by atoms with Crippen LogP contribution in [0.25, 0.3) is 0 Å². The van der Waals surface area contributed by atoms with Crippen molar-refractivity contribution in [2.75, 3.05) is 13.2 Å². The predicted octanol–water partition coefficient (Wildman–Crippen LogP) is 2.78. The minimum absolute atomic E-state index is 0.399. The van der Waals surface area contributed by atoms with Crippen LogP contribution in [0.3, 0.4) is 0 Å². The van der Waals surface area contributed by atoms with Crippen LogP contribution in [-0.2, 0) is 15.3 Å². The Morgan fingerprint density at radius 2 is 1.94 bits per heavy atom. The summed E-state index contributed by atoms with van der Waals surface area (Å²) in [5.74, 6) is 1.26. The van der Waals surface area contributed by atoms with Gasteiger partial charge in [-0.3, -0.25) is 0 Å². The van der Waals surface area contributed by atoms with Gasteiger partial charge in [0.25, 0.3) is 0 Å². The maximum Gasteiger partial charge on any atom is 0.195 e. The molecule has 1 saturated carbocycles. The molecule has 2 nitrogen and oxygen atoms in total. The molecule has 0 radical (unpaired) electrons. The van der Waals surface area contributed by atoms with Crippen LogP contribution in [0.15, 0.2) is 24.3 Å². The van der Waals surface area contributed by atoms with Gasteiger partial charge in [0.15, 0.2) is 5.79 Å². The highest BCUT2D eigenvalue weighted by Gasteiger charge is 2.50. The summed E-state index contributed by atoms with van der Waals surface area (Å²) in [5.41, 5.74) is 2.78. The molecule has 2 fully saturated rings. The molecule has 0 amide bonds. The van der Waals surface area contributed by atoms with E-state index in [2.05, 4.69) is 24.3 Å². The number of fused-ring (bicyclic) bond motifs is 4. The number of rotatable bonds is 0. The summed E-state index contributed by atoms with van der Waals surface area (Å²) < 4.78 is 11.9. The zero-order valence-corrected chi connectivity index (χ0v) is 9.32. The molecule has 1 heterocycles. The monoisotopic (exact) mass is 216 g/mol. The molecule has 2 heteroatoms. The maximum absolute atomic E-state index is 5.93. The van der Waals surface area contributed by atoms with Crippen molar-refractivity contribution in [3.05, 3.63) is 35.4 Å². The van der Waals surface area contributed by atoms with Gasteiger partial charge in [0.2, 0.25) is 0 Å². The largest absolute Gasteiger partial charge is 0.343 e. The van der Waals surface area contributed by atoms with Crippen LogP contribution in [0.2, 0.25) is 0 Å². The molecule has 1 spiro atoms. The van der Waals surface area contributed by atoms with E-state index in [1.165, 1.54) is 24.0 Å². The first kappa shape index (κ1) is 9.20. The summed E-state index contributed by atoms with van der Waals surface area (Å²) in [6.45, 7) is 1.48. The molecule has 1 aliphatic heterocycles. The van der Waals surface area contributed by atoms with Crippen molar-refractivity contribution in [1.29, 1.82) is 0 Å². The second-order valence-electron chi connectivity index (χ2n) is 5.18. The average Bonchev–Trinajstić information content (AvgIpc) is 2.97. The van der Waals surface area contributed by atoms with Gasteiger partial charge in [0.05, 0.1) is 13.2 Å². The Labute approximate surface area is 95.6 Å². The number of hydrogen-bond acceptors (Lipinski definition) is 2. The quantitative estimate of drug-likeness (QED) is 0.664. The van der Waals surface area contributed by atoms with E-state index in [1.54, 1.807) is 0 Å². The second kappa shape index (κ2) is 3.08. The third-order valence-electron chi connectivity index (χ3n) is 4.29. The molecular formula is C14H16O2. The highest BCUT2D eigenvalue weighted by molar-refractivity contribution is 5.39. The number of hydrogen-bond donors (Lipinski definition) is 0. The Morgan fingerprint density at radius 1 is 1.12 bits per heavy atom. The molecule has 1 aromatic carbocycles. The van der Waals surface area contributed by atoms with Gasteiger partial charge < -0.3 is 9.47 Å². The van der Waals surface area contributed by atoms with Gasteiger partial charge >= 0.3 is 0 Å². The molecule has 1 aromatic rings. The first-order valence-corrected chi connectivity index (χ1v) is 6.26. The highest BCUT2D eigenvalue weighted by atomic mass is 16.7. The van der Waals surface area contributed by atoms with E-state index < -0.39 is 5.79 Å². The fraction of sp³-hybridized carbons (Fsp3) is 0.571. The topological polar surface area (TPSA) is 18.5 Å². The average molecular weight is 216 g/mol. The maximum atomic E-state index is 5.93. The molecular weight excluding hydrogens is 200 g/mol. The standard InChI is InChI=1S/C14H16O2/c1-2-4-13-11(3-1)12-9-10(12)5-6-14(13)15-7-8-16-14/h1-4,10,12H,5-9H2/t10-,12+/m1/s1. The SMILES string of the molecule is c1ccc2c(c1)[C@H]1C[C@H]1CCC21OCCO1. The van der Waals surface area contributed by atoms with E-state index in [9.17, 15) is 0 Å². The van der Waals surface area contributed by atoms with E-state index in [0.717, 1.165) is 31.5 Å². The molecule has 0 unspecified atom stereocenters. The number of ether oxygens (including phenoxy) is 2. The molecule has 0 N–H and O–H groups in total. The van der Waals surface area contributed by atoms with Crippen molar-refractivity contribution < 1.29 is 9.47 Å². The zero-order valence-electron chi connectivity index (χ0n) is 9.32. The summed E-state index contributed by atoms with van der Waals surface area (Å²) in [6.07, 6.45) is 3.65. The molecule has 4 rings (SSSR count). The molecule has 2 aliphatic carbocycles. The number of benzene rings is 1. The molecule has 2 atom stereocenters. The Hall–Kier alpha value is -0.860. The lowest BCUT2D eigenvalue weighted by Gasteiger charge is -2.28. The van der Waals surface area contributed by atoms with Gasteiger partial charge in [-0.15, -0.1) is 0 Å². The van der Waals surface area contributed by atoms with Gasteiger partial charge in [-0.05, 0) is 30.2 Å². The van der Waals surface area contributed by atoms with Crippen LogP contribution in [0.5, 0.6) is 0 Å². The Balaban J connectivity index is 1.88. The van der Waals surface area contributed by atoms with Gasteiger partial charge in [-0.1, -0.05) is 24.3 Å². The van der Waals surface area contributed by atoms with E-state index in [1.807, 2.05) is 0 Å². The fourth-order valence-corrected chi connectivity index (χ4v) is 3.38. The normalized spacial score (nSPS) is 34.2. The lowest BCUT2D eigenvalue weighted by molar-refractivity contribution is -0.171. The first-order valence-electron chi connectivity index (χ1n) is 6.26. The zero-order chi connectivity index (χ0) is 10.6. The summed E-state index contributed by atoms with van der Waals surface area (Å²) in [7, 11) is 0. The van der Waals surface area contributed by atoms with E-state index in [0.29, 0.717) is 0 Å². The van der Waals surface area contributed by atoms with Crippen molar-refractivity contribution >= 4 is 0 Å². The van der Waals surface area contributed by atoms with Crippen LogP contribution in [0.1, 0.15) is 36.3 Å². The summed E-state index contributed by atoms with van der Waals surface area (Å²) >= 11 is 0. The minimum atomic E-state index is -0.399. The van der Waals surface area contributed by atoms with Crippen LogP contribution < -0.4 is 0 Å². The molecule has 84 valence electrons. The lowest BCUT2D eigenvalue weighted by atomic mass is 9.96. The third-order valence-corrected chi connectivity index (χ3v) is 4.29. The van der Waals surface area contributed by atoms with Crippen LogP contribution in [0, 0.1) is 5.92 Å². The predicted molar refractivity (Wildman–Crippen MR) is 60.1 cm³/mol. The van der Waals surface area contributed by atoms with E-state index in [-0.39, 0.29) is 0 Å². The summed E-state index contributed by atoms with van der Waals surface area (Å²) in [5, 5.41) is 0. The molecule has 3 aliphatic rings.